The first-order valence-corrected chi connectivity index (χ1v) is 7.98. The van der Waals surface area contributed by atoms with Gasteiger partial charge in [-0.05, 0) is 49.1 Å². The molecular weight excluding hydrogens is 262 g/mol. The van der Waals surface area contributed by atoms with E-state index in [1.54, 1.807) is 0 Å². The minimum atomic E-state index is -0.697. The van der Waals surface area contributed by atoms with E-state index in [1.807, 2.05) is 29.2 Å². The zero-order valence-corrected chi connectivity index (χ0v) is 13.1. The van der Waals surface area contributed by atoms with Crippen molar-refractivity contribution in [2.24, 2.45) is 5.41 Å². The molecule has 1 amide bonds. The van der Waals surface area contributed by atoms with Crippen molar-refractivity contribution in [1.29, 1.82) is 0 Å². The molecule has 0 unspecified atom stereocenters. The number of β-amino-alcohol motifs (C(OH)–C–C–N with tert-alkyl or cyclic N) is 1. The second-order valence-corrected chi connectivity index (χ2v) is 7.52. The maximum Gasteiger partial charge on any atom is 0.254 e. The van der Waals surface area contributed by atoms with Crippen molar-refractivity contribution in [2.75, 3.05) is 13.1 Å². The van der Waals surface area contributed by atoms with Crippen molar-refractivity contribution in [3.8, 4) is 0 Å². The average molecular weight is 287 g/mol. The first kappa shape index (κ1) is 14.6. The van der Waals surface area contributed by atoms with Crippen molar-refractivity contribution in [1.82, 2.24) is 4.90 Å². The maximum absolute atomic E-state index is 12.6. The number of amides is 1. The van der Waals surface area contributed by atoms with Gasteiger partial charge in [-0.15, -0.1) is 0 Å². The average Bonchev–Trinajstić information content (AvgIpc) is 2.46. The summed E-state index contributed by atoms with van der Waals surface area (Å²) in [6.45, 7) is 5.72. The van der Waals surface area contributed by atoms with E-state index in [4.69, 9.17) is 0 Å². The van der Waals surface area contributed by atoms with Crippen LogP contribution in [-0.2, 0) is 6.42 Å². The summed E-state index contributed by atoms with van der Waals surface area (Å²) >= 11 is 0. The summed E-state index contributed by atoms with van der Waals surface area (Å²) in [5.41, 5.74) is 1.57. The predicted octanol–water partition coefficient (Wildman–Crippen LogP) is 3.02. The van der Waals surface area contributed by atoms with E-state index in [0.717, 1.165) is 49.8 Å². The summed E-state index contributed by atoms with van der Waals surface area (Å²) in [7, 11) is 0. The molecule has 1 aliphatic heterocycles. The van der Waals surface area contributed by atoms with Gasteiger partial charge in [-0.25, -0.2) is 0 Å². The first-order chi connectivity index (χ1) is 9.89. The predicted molar refractivity (Wildman–Crippen MR) is 83.2 cm³/mol. The third-order valence-corrected chi connectivity index (χ3v) is 5.21. The Bertz CT molecular complexity index is 540. The van der Waals surface area contributed by atoms with Crippen LogP contribution in [0.3, 0.4) is 0 Å². The van der Waals surface area contributed by atoms with Crippen molar-refractivity contribution >= 4 is 5.91 Å². The van der Waals surface area contributed by atoms with Crippen LogP contribution in [0.1, 0.15) is 55.5 Å². The lowest BCUT2D eigenvalue weighted by Crippen LogP contribution is -2.50. The quantitative estimate of drug-likeness (QED) is 0.908. The van der Waals surface area contributed by atoms with Crippen LogP contribution in [0.25, 0.3) is 0 Å². The molecule has 0 bridgehead atoms. The van der Waals surface area contributed by atoms with Gasteiger partial charge in [-0.3, -0.25) is 4.79 Å². The van der Waals surface area contributed by atoms with Gasteiger partial charge in [-0.1, -0.05) is 32.0 Å². The molecular formula is C18H25NO2. The van der Waals surface area contributed by atoms with Crippen LogP contribution in [-0.4, -0.2) is 34.6 Å². The fourth-order valence-corrected chi connectivity index (χ4v) is 3.53. The lowest BCUT2D eigenvalue weighted by atomic mass is 9.71. The Morgan fingerprint density at radius 1 is 1.14 bits per heavy atom. The topological polar surface area (TPSA) is 40.5 Å². The number of hydrogen-bond acceptors (Lipinski definition) is 2. The van der Waals surface area contributed by atoms with E-state index in [0.29, 0.717) is 12.0 Å². The molecule has 0 spiro atoms. The molecule has 0 aromatic heterocycles. The Balaban J connectivity index is 1.71. The highest BCUT2D eigenvalue weighted by molar-refractivity contribution is 5.96. The zero-order chi connectivity index (χ0) is 15.1. The summed E-state index contributed by atoms with van der Waals surface area (Å²) in [4.78, 5) is 14.4. The van der Waals surface area contributed by atoms with Crippen molar-refractivity contribution < 1.29 is 9.90 Å². The number of carbonyl (C=O) groups is 1. The second-order valence-electron chi connectivity index (χ2n) is 7.52. The molecule has 21 heavy (non-hydrogen) atoms. The standard InChI is InChI=1S/C18H25NO2/c1-17(2)8-10-18(21,11-9-17)13-19-12-7-14-5-3-4-6-15(14)16(19)20/h3-6,21H,7-13H2,1-2H3. The number of benzene rings is 1. The van der Waals surface area contributed by atoms with E-state index in [9.17, 15) is 9.90 Å². The molecule has 1 fully saturated rings. The molecule has 114 valence electrons. The van der Waals surface area contributed by atoms with Crippen LogP contribution in [0.15, 0.2) is 24.3 Å². The van der Waals surface area contributed by atoms with Gasteiger partial charge >= 0.3 is 0 Å². The van der Waals surface area contributed by atoms with Gasteiger partial charge in [0.15, 0.2) is 0 Å². The smallest absolute Gasteiger partial charge is 0.254 e. The number of rotatable bonds is 2. The van der Waals surface area contributed by atoms with Crippen LogP contribution in [0.4, 0.5) is 0 Å². The lowest BCUT2D eigenvalue weighted by Gasteiger charge is -2.43. The van der Waals surface area contributed by atoms with E-state index in [1.165, 1.54) is 0 Å². The molecule has 3 heteroatoms. The van der Waals surface area contributed by atoms with Crippen molar-refractivity contribution in [2.45, 2.75) is 51.6 Å². The molecule has 0 radical (unpaired) electrons. The molecule has 1 aliphatic carbocycles. The molecule has 0 atom stereocenters. The lowest BCUT2D eigenvalue weighted by molar-refractivity contribution is -0.0454. The number of carbonyl (C=O) groups excluding carboxylic acids is 1. The van der Waals surface area contributed by atoms with Crippen molar-refractivity contribution in [3.05, 3.63) is 35.4 Å². The molecule has 1 aromatic rings. The SMILES string of the molecule is CC1(C)CCC(O)(CN2CCc3ccccc3C2=O)CC1. The largest absolute Gasteiger partial charge is 0.388 e. The minimum absolute atomic E-state index is 0.0788. The molecule has 1 aromatic carbocycles. The summed E-state index contributed by atoms with van der Waals surface area (Å²) in [6.07, 6.45) is 4.55. The van der Waals surface area contributed by atoms with Gasteiger partial charge in [0, 0.05) is 18.7 Å². The van der Waals surface area contributed by atoms with Crippen LogP contribution in [0.5, 0.6) is 0 Å². The van der Waals surface area contributed by atoms with Gasteiger partial charge < -0.3 is 10.0 Å². The maximum atomic E-state index is 12.6. The highest BCUT2D eigenvalue weighted by atomic mass is 16.3. The number of nitrogens with zero attached hydrogens (tertiary/aromatic N) is 1. The first-order valence-electron chi connectivity index (χ1n) is 7.98. The molecule has 2 aliphatic rings. The van der Waals surface area contributed by atoms with Crippen molar-refractivity contribution in [3.63, 3.8) is 0 Å². The van der Waals surface area contributed by atoms with Gasteiger partial charge in [0.2, 0.25) is 0 Å². The summed E-state index contributed by atoms with van der Waals surface area (Å²) < 4.78 is 0. The normalized spacial score (nSPS) is 23.8. The molecule has 1 saturated carbocycles. The summed E-state index contributed by atoms with van der Waals surface area (Å²) in [5, 5.41) is 10.8. The Labute approximate surface area is 127 Å². The molecule has 3 rings (SSSR count). The summed E-state index contributed by atoms with van der Waals surface area (Å²) in [6, 6.07) is 7.83. The third-order valence-electron chi connectivity index (χ3n) is 5.21. The Hall–Kier alpha value is -1.35. The molecule has 1 heterocycles. The van der Waals surface area contributed by atoms with Crippen LogP contribution in [0.2, 0.25) is 0 Å². The van der Waals surface area contributed by atoms with E-state index >= 15 is 0 Å². The Morgan fingerprint density at radius 3 is 2.52 bits per heavy atom. The van der Waals surface area contributed by atoms with E-state index in [-0.39, 0.29) is 5.91 Å². The highest BCUT2D eigenvalue weighted by Gasteiger charge is 2.39. The fourth-order valence-electron chi connectivity index (χ4n) is 3.53. The second kappa shape index (κ2) is 5.13. The monoisotopic (exact) mass is 287 g/mol. The Morgan fingerprint density at radius 2 is 1.81 bits per heavy atom. The van der Waals surface area contributed by atoms with Gasteiger partial charge in [0.05, 0.1) is 5.60 Å². The van der Waals surface area contributed by atoms with Crippen LogP contribution >= 0.6 is 0 Å². The molecule has 1 N–H and O–H groups in total. The zero-order valence-electron chi connectivity index (χ0n) is 13.1. The van der Waals surface area contributed by atoms with Crippen LogP contribution in [0, 0.1) is 5.41 Å². The number of fused-ring (bicyclic) bond motifs is 1. The Kier molecular flexibility index (Phi) is 3.56. The van der Waals surface area contributed by atoms with Gasteiger partial charge in [0.25, 0.3) is 5.91 Å². The van der Waals surface area contributed by atoms with E-state index in [2.05, 4.69) is 13.8 Å². The number of hydrogen-bond donors (Lipinski definition) is 1. The molecule has 3 nitrogen and oxygen atoms in total. The fraction of sp³-hybridized carbons (Fsp3) is 0.611. The van der Waals surface area contributed by atoms with Gasteiger partial charge in [-0.2, -0.15) is 0 Å². The summed E-state index contributed by atoms with van der Waals surface area (Å²) in [5.74, 6) is 0.0788. The van der Waals surface area contributed by atoms with E-state index < -0.39 is 5.60 Å². The third kappa shape index (κ3) is 2.98. The van der Waals surface area contributed by atoms with Gasteiger partial charge in [0.1, 0.15) is 0 Å². The van der Waals surface area contributed by atoms with Crippen LogP contribution < -0.4 is 0 Å². The highest BCUT2D eigenvalue weighted by Crippen LogP contribution is 2.40. The molecule has 0 saturated heterocycles. The number of aliphatic hydroxyl groups is 1. The minimum Gasteiger partial charge on any atom is -0.388 e.